The van der Waals surface area contributed by atoms with Crippen molar-refractivity contribution >= 4 is 11.7 Å². The third-order valence-corrected chi connectivity index (χ3v) is 4.30. The van der Waals surface area contributed by atoms with Crippen LogP contribution in [-0.4, -0.2) is 20.3 Å². The largest absolute Gasteiger partial charge is 0.497 e. The molecule has 0 fully saturated rings. The van der Waals surface area contributed by atoms with E-state index in [0.29, 0.717) is 11.4 Å². The SMILES string of the molecule is COc1cccc(NC(=O)N[C@@H]2CCCc3cc(OC)ccc32)c1. The van der Waals surface area contributed by atoms with E-state index in [1.54, 1.807) is 20.3 Å². The Kier molecular flexibility index (Phi) is 4.89. The molecule has 2 amide bonds. The maximum absolute atomic E-state index is 12.3. The molecular formula is C19H22N2O3. The van der Waals surface area contributed by atoms with E-state index in [9.17, 15) is 4.79 Å². The maximum atomic E-state index is 12.3. The lowest BCUT2D eigenvalue weighted by atomic mass is 9.87. The van der Waals surface area contributed by atoms with Crippen molar-refractivity contribution in [1.29, 1.82) is 0 Å². The van der Waals surface area contributed by atoms with Gasteiger partial charge in [0.2, 0.25) is 0 Å². The lowest BCUT2D eigenvalue weighted by molar-refractivity contribution is 0.247. The normalized spacial score (nSPS) is 16.0. The van der Waals surface area contributed by atoms with Gasteiger partial charge in [0.1, 0.15) is 11.5 Å². The quantitative estimate of drug-likeness (QED) is 0.896. The average molecular weight is 326 g/mol. The fourth-order valence-electron chi connectivity index (χ4n) is 3.09. The highest BCUT2D eigenvalue weighted by molar-refractivity contribution is 5.89. The first kappa shape index (κ1) is 16.2. The highest BCUT2D eigenvalue weighted by Crippen LogP contribution is 2.32. The Morgan fingerprint density at radius 3 is 2.67 bits per heavy atom. The third-order valence-electron chi connectivity index (χ3n) is 4.30. The maximum Gasteiger partial charge on any atom is 0.319 e. The number of carbonyl (C=O) groups excluding carboxylic acids is 1. The number of rotatable bonds is 4. The summed E-state index contributed by atoms with van der Waals surface area (Å²) in [4.78, 5) is 12.3. The molecule has 126 valence electrons. The van der Waals surface area contributed by atoms with Gasteiger partial charge in [0.15, 0.2) is 0 Å². The fourth-order valence-corrected chi connectivity index (χ4v) is 3.09. The summed E-state index contributed by atoms with van der Waals surface area (Å²) in [5.74, 6) is 1.57. The van der Waals surface area contributed by atoms with Crippen molar-refractivity contribution in [3.8, 4) is 11.5 Å². The number of hydrogen-bond acceptors (Lipinski definition) is 3. The molecule has 0 bridgehead atoms. The number of aryl methyl sites for hydroxylation is 1. The van der Waals surface area contributed by atoms with Gasteiger partial charge in [-0.2, -0.15) is 0 Å². The standard InChI is InChI=1S/C19H22N2O3/c1-23-15-7-4-6-14(12-15)20-19(22)21-18-8-3-5-13-11-16(24-2)9-10-17(13)18/h4,6-7,9-12,18H,3,5,8H2,1-2H3,(H2,20,21,22)/t18-/m1/s1. The van der Waals surface area contributed by atoms with Gasteiger partial charge in [0.05, 0.1) is 20.3 Å². The third kappa shape index (κ3) is 3.62. The van der Waals surface area contributed by atoms with Crippen molar-refractivity contribution in [2.45, 2.75) is 25.3 Å². The summed E-state index contributed by atoms with van der Waals surface area (Å²) in [7, 11) is 3.27. The molecule has 2 aromatic carbocycles. The molecule has 1 atom stereocenters. The Morgan fingerprint density at radius 1 is 1.08 bits per heavy atom. The van der Waals surface area contributed by atoms with Crippen LogP contribution in [0.4, 0.5) is 10.5 Å². The molecule has 0 aliphatic heterocycles. The van der Waals surface area contributed by atoms with Gasteiger partial charge in [0, 0.05) is 11.8 Å². The predicted molar refractivity (Wildman–Crippen MR) is 93.8 cm³/mol. The minimum atomic E-state index is -0.211. The van der Waals surface area contributed by atoms with Crippen LogP contribution in [0.2, 0.25) is 0 Å². The molecule has 1 aliphatic rings. The number of ether oxygens (including phenoxy) is 2. The smallest absolute Gasteiger partial charge is 0.319 e. The number of amides is 2. The van der Waals surface area contributed by atoms with Gasteiger partial charge < -0.3 is 20.1 Å². The van der Waals surface area contributed by atoms with Crippen LogP contribution in [0.25, 0.3) is 0 Å². The molecule has 5 heteroatoms. The second kappa shape index (κ2) is 7.25. The van der Waals surface area contributed by atoms with Gasteiger partial charge >= 0.3 is 6.03 Å². The van der Waals surface area contributed by atoms with Crippen molar-refractivity contribution in [1.82, 2.24) is 5.32 Å². The summed E-state index contributed by atoms with van der Waals surface area (Å²) < 4.78 is 10.5. The molecular weight excluding hydrogens is 304 g/mol. The summed E-state index contributed by atoms with van der Waals surface area (Å²) in [6.45, 7) is 0. The van der Waals surface area contributed by atoms with Gasteiger partial charge in [0.25, 0.3) is 0 Å². The number of nitrogens with one attached hydrogen (secondary N) is 2. The zero-order chi connectivity index (χ0) is 16.9. The van der Waals surface area contributed by atoms with Gasteiger partial charge in [-0.3, -0.25) is 0 Å². The zero-order valence-corrected chi connectivity index (χ0v) is 14.0. The van der Waals surface area contributed by atoms with Crippen LogP contribution in [0.15, 0.2) is 42.5 Å². The van der Waals surface area contributed by atoms with E-state index in [1.165, 1.54) is 11.1 Å². The average Bonchev–Trinajstić information content (AvgIpc) is 2.61. The van der Waals surface area contributed by atoms with Crippen LogP contribution in [0.5, 0.6) is 11.5 Å². The predicted octanol–water partition coefficient (Wildman–Crippen LogP) is 3.90. The Hall–Kier alpha value is -2.69. The molecule has 0 unspecified atom stereocenters. The molecule has 0 heterocycles. The van der Waals surface area contributed by atoms with Crippen molar-refractivity contribution in [2.24, 2.45) is 0 Å². The van der Waals surface area contributed by atoms with Crippen molar-refractivity contribution in [2.75, 3.05) is 19.5 Å². The summed E-state index contributed by atoms with van der Waals surface area (Å²) >= 11 is 0. The van der Waals surface area contributed by atoms with Gasteiger partial charge in [-0.05, 0) is 54.7 Å². The highest BCUT2D eigenvalue weighted by Gasteiger charge is 2.22. The Morgan fingerprint density at radius 2 is 1.88 bits per heavy atom. The van der Waals surface area contributed by atoms with Crippen LogP contribution in [0.1, 0.15) is 30.0 Å². The van der Waals surface area contributed by atoms with Crippen LogP contribution in [-0.2, 0) is 6.42 Å². The Bertz CT molecular complexity index is 730. The molecule has 5 nitrogen and oxygen atoms in total. The molecule has 3 rings (SSSR count). The van der Waals surface area contributed by atoms with Crippen molar-refractivity contribution in [3.63, 3.8) is 0 Å². The molecule has 24 heavy (non-hydrogen) atoms. The molecule has 0 saturated carbocycles. The molecule has 0 saturated heterocycles. The van der Waals surface area contributed by atoms with Crippen LogP contribution < -0.4 is 20.1 Å². The van der Waals surface area contributed by atoms with E-state index in [1.807, 2.05) is 30.3 Å². The van der Waals surface area contributed by atoms with Gasteiger partial charge in [-0.1, -0.05) is 12.1 Å². The lowest BCUT2D eigenvalue weighted by Gasteiger charge is -2.27. The van der Waals surface area contributed by atoms with E-state index >= 15 is 0 Å². The van der Waals surface area contributed by atoms with Crippen molar-refractivity contribution in [3.05, 3.63) is 53.6 Å². The number of anilines is 1. The first-order chi connectivity index (χ1) is 11.7. The Labute approximate surface area is 142 Å². The minimum absolute atomic E-state index is 0.0188. The second-order valence-electron chi connectivity index (χ2n) is 5.84. The number of hydrogen-bond donors (Lipinski definition) is 2. The summed E-state index contributed by atoms with van der Waals surface area (Å²) in [6, 6.07) is 13.2. The summed E-state index contributed by atoms with van der Waals surface area (Å²) in [5.41, 5.74) is 3.12. The van der Waals surface area contributed by atoms with E-state index < -0.39 is 0 Å². The summed E-state index contributed by atoms with van der Waals surface area (Å²) in [5, 5.41) is 5.93. The fraction of sp³-hybridized carbons (Fsp3) is 0.316. The Balaban J connectivity index is 1.69. The first-order valence-electron chi connectivity index (χ1n) is 8.08. The second-order valence-corrected chi connectivity index (χ2v) is 5.84. The lowest BCUT2D eigenvalue weighted by Crippen LogP contribution is -2.34. The van der Waals surface area contributed by atoms with Gasteiger partial charge in [-0.25, -0.2) is 4.79 Å². The van der Waals surface area contributed by atoms with Crippen molar-refractivity contribution < 1.29 is 14.3 Å². The number of methoxy groups -OCH3 is 2. The molecule has 1 aliphatic carbocycles. The van der Waals surface area contributed by atoms with E-state index in [0.717, 1.165) is 25.0 Å². The minimum Gasteiger partial charge on any atom is -0.497 e. The number of urea groups is 1. The molecule has 0 radical (unpaired) electrons. The van der Waals surface area contributed by atoms with Crippen LogP contribution in [0, 0.1) is 0 Å². The molecule has 2 aromatic rings. The zero-order valence-electron chi connectivity index (χ0n) is 14.0. The summed E-state index contributed by atoms with van der Waals surface area (Å²) in [6.07, 6.45) is 3.00. The van der Waals surface area contributed by atoms with E-state index in [-0.39, 0.29) is 12.1 Å². The van der Waals surface area contributed by atoms with Gasteiger partial charge in [-0.15, -0.1) is 0 Å². The van der Waals surface area contributed by atoms with Crippen LogP contribution in [0.3, 0.4) is 0 Å². The monoisotopic (exact) mass is 326 g/mol. The van der Waals surface area contributed by atoms with Crippen LogP contribution >= 0.6 is 0 Å². The topological polar surface area (TPSA) is 59.6 Å². The highest BCUT2D eigenvalue weighted by atomic mass is 16.5. The number of carbonyl (C=O) groups is 1. The van der Waals surface area contributed by atoms with E-state index in [2.05, 4.69) is 16.7 Å². The molecule has 0 spiro atoms. The molecule has 0 aromatic heterocycles. The number of benzene rings is 2. The first-order valence-corrected chi connectivity index (χ1v) is 8.08. The number of fused-ring (bicyclic) bond motifs is 1. The molecule has 2 N–H and O–H groups in total. The van der Waals surface area contributed by atoms with E-state index in [4.69, 9.17) is 9.47 Å².